The van der Waals surface area contributed by atoms with Crippen LogP contribution < -0.4 is 10.2 Å². The molecule has 1 aromatic carbocycles. The van der Waals surface area contributed by atoms with Gasteiger partial charge in [-0.25, -0.2) is 4.98 Å². The number of nitrogens with zero attached hydrogens (tertiary/aromatic N) is 6. The molecule has 2 aliphatic rings. The highest BCUT2D eigenvalue weighted by Gasteiger charge is 2.36. The first kappa shape index (κ1) is 21.3. The van der Waals surface area contributed by atoms with Crippen LogP contribution in [-0.2, 0) is 4.79 Å². The first-order chi connectivity index (χ1) is 16.1. The monoisotopic (exact) mass is 447 g/mol. The first-order valence-corrected chi connectivity index (χ1v) is 11.2. The zero-order chi connectivity index (χ0) is 22.9. The van der Waals surface area contributed by atoms with Gasteiger partial charge >= 0.3 is 0 Å². The molecule has 5 rings (SSSR count). The maximum atomic E-state index is 13.1. The second-order valence-corrected chi connectivity index (χ2v) is 8.46. The fourth-order valence-corrected chi connectivity index (χ4v) is 4.81. The summed E-state index contributed by atoms with van der Waals surface area (Å²) in [6, 6.07) is 7.54. The van der Waals surface area contributed by atoms with E-state index >= 15 is 0 Å². The van der Waals surface area contributed by atoms with Gasteiger partial charge in [0.15, 0.2) is 5.65 Å². The Morgan fingerprint density at radius 1 is 1.18 bits per heavy atom. The molecule has 170 valence electrons. The molecule has 33 heavy (non-hydrogen) atoms. The molecule has 1 aliphatic heterocycles. The van der Waals surface area contributed by atoms with Gasteiger partial charge < -0.3 is 20.4 Å². The van der Waals surface area contributed by atoms with Gasteiger partial charge in [0.05, 0.1) is 42.0 Å². The molecule has 1 fully saturated rings. The summed E-state index contributed by atoms with van der Waals surface area (Å²) in [4.78, 5) is 24.2. The Morgan fingerprint density at radius 2 is 1.94 bits per heavy atom. The van der Waals surface area contributed by atoms with Crippen molar-refractivity contribution in [2.24, 2.45) is 0 Å². The Morgan fingerprint density at radius 3 is 2.64 bits per heavy atom. The quantitative estimate of drug-likeness (QED) is 0.497. The Kier molecular flexibility index (Phi) is 5.66. The van der Waals surface area contributed by atoms with E-state index in [0.29, 0.717) is 39.5 Å². The number of hydrogen-bond acceptors (Lipinski definition) is 8. The predicted octanol–water partition coefficient (Wildman–Crippen LogP) is 1.69. The maximum absolute atomic E-state index is 13.1. The van der Waals surface area contributed by atoms with E-state index in [9.17, 15) is 20.3 Å². The third-order valence-electron chi connectivity index (χ3n) is 6.42. The van der Waals surface area contributed by atoms with Gasteiger partial charge in [-0.2, -0.15) is 15.3 Å². The van der Waals surface area contributed by atoms with Crippen LogP contribution in [-0.4, -0.2) is 62.2 Å². The molecule has 3 N–H and O–H groups in total. The molecule has 2 aromatic heterocycles. The van der Waals surface area contributed by atoms with Crippen LogP contribution >= 0.6 is 0 Å². The molecule has 0 radical (unpaired) electrons. The molecular formula is C23H25N7O3. The highest BCUT2D eigenvalue weighted by atomic mass is 16.3. The first-order valence-electron chi connectivity index (χ1n) is 11.2. The average Bonchev–Trinajstić information content (AvgIpc) is 3.55. The van der Waals surface area contributed by atoms with Gasteiger partial charge in [0.2, 0.25) is 11.9 Å². The number of anilines is 2. The number of nitrogens with one attached hydrogen (secondary N) is 1. The number of aromatic nitrogens is 4. The number of aliphatic hydroxyl groups is 2. The lowest BCUT2D eigenvalue weighted by atomic mass is 9.94. The summed E-state index contributed by atoms with van der Waals surface area (Å²) < 4.78 is 1.93. The molecule has 1 saturated carbocycles. The van der Waals surface area contributed by atoms with E-state index in [1.165, 1.54) is 0 Å². The summed E-state index contributed by atoms with van der Waals surface area (Å²) in [6.07, 6.45) is 6.32. The maximum Gasteiger partial charge on any atom is 0.238 e. The molecule has 3 heterocycles. The van der Waals surface area contributed by atoms with Crippen LogP contribution in [0, 0.1) is 11.3 Å². The van der Waals surface area contributed by atoms with Gasteiger partial charge in [-0.05, 0) is 36.6 Å². The number of rotatable bonds is 7. The molecule has 10 heteroatoms. The van der Waals surface area contributed by atoms with Gasteiger partial charge in [-0.3, -0.25) is 9.48 Å². The van der Waals surface area contributed by atoms with E-state index in [-0.39, 0.29) is 38.3 Å². The highest BCUT2D eigenvalue weighted by molar-refractivity contribution is 6.06. The second kappa shape index (κ2) is 8.77. The minimum Gasteiger partial charge on any atom is -0.395 e. The minimum atomic E-state index is -0.719. The fraction of sp³-hybridized carbons (Fsp3) is 0.435. The second-order valence-electron chi connectivity index (χ2n) is 8.46. The van der Waals surface area contributed by atoms with E-state index in [0.717, 1.165) is 25.7 Å². The number of amides is 1. The van der Waals surface area contributed by atoms with Crippen molar-refractivity contribution in [1.29, 1.82) is 5.26 Å². The Labute approximate surface area is 190 Å². The summed E-state index contributed by atoms with van der Waals surface area (Å²) in [5.41, 5.74) is 2.79. The largest absolute Gasteiger partial charge is 0.395 e. The lowest BCUT2D eigenvalue weighted by molar-refractivity contribution is -0.116. The third-order valence-corrected chi connectivity index (χ3v) is 6.42. The van der Waals surface area contributed by atoms with Crippen molar-refractivity contribution in [1.82, 2.24) is 19.7 Å². The summed E-state index contributed by atoms with van der Waals surface area (Å²) in [5.74, 6) is -0.644. The summed E-state index contributed by atoms with van der Waals surface area (Å²) in [7, 11) is 0. The van der Waals surface area contributed by atoms with E-state index < -0.39 is 5.92 Å². The fourth-order valence-electron chi connectivity index (χ4n) is 4.81. The molecule has 0 saturated heterocycles. The van der Waals surface area contributed by atoms with E-state index in [4.69, 9.17) is 10.1 Å². The van der Waals surface area contributed by atoms with Crippen molar-refractivity contribution >= 4 is 28.6 Å². The van der Waals surface area contributed by atoms with Crippen LogP contribution in [0.15, 0.2) is 24.4 Å². The van der Waals surface area contributed by atoms with Crippen molar-refractivity contribution in [3.63, 3.8) is 0 Å². The van der Waals surface area contributed by atoms with E-state index in [1.54, 1.807) is 23.1 Å². The molecule has 0 bridgehead atoms. The van der Waals surface area contributed by atoms with Crippen molar-refractivity contribution in [2.75, 3.05) is 36.5 Å². The van der Waals surface area contributed by atoms with Crippen molar-refractivity contribution in [3.05, 3.63) is 41.2 Å². The average molecular weight is 447 g/mol. The zero-order valence-electron chi connectivity index (χ0n) is 18.1. The summed E-state index contributed by atoms with van der Waals surface area (Å²) in [5, 5.41) is 36.7. The molecule has 1 amide bonds. The number of nitriles is 1. The number of carbonyl (C=O) groups is 1. The van der Waals surface area contributed by atoms with Gasteiger partial charge in [-0.1, -0.05) is 12.8 Å². The van der Waals surface area contributed by atoms with Crippen LogP contribution in [0.25, 0.3) is 11.0 Å². The van der Waals surface area contributed by atoms with Gasteiger partial charge in [0.25, 0.3) is 0 Å². The normalized spacial score (nSPS) is 17.8. The minimum absolute atomic E-state index is 0.133. The van der Waals surface area contributed by atoms with E-state index in [1.807, 2.05) is 10.9 Å². The molecule has 10 nitrogen and oxygen atoms in total. The molecule has 3 aromatic rings. The predicted molar refractivity (Wildman–Crippen MR) is 121 cm³/mol. The smallest absolute Gasteiger partial charge is 0.238 e. The number of fused-ring (bicyclic) bond motifs is 2. The number of carbonyl (C=O) groups excluding carboxylic acids is 1. The van der Waals surface area contributed by atoms with Gasteiger partial charge in [0.1, 0.15) is 5.92 Å². The number of aliphatic hydroxyl groups excluding tert-OH is 2. The molecule has 0 spiro atoms. The number of benzene rings is 1. The topological polar surface area (TPSA) is 140 Å². The lowest BCUT2D eigenvalue weighted by Crippen LogP contribution is -2.32. The summed E-state index contributed by atoms with van der Waals surface area (Å²) in [6.45, 7) is 0.207. The zero-order valence-corrected chi connectivity index (χ0v) is 18.1. The lowest BCUT2D eigenvalue weighted by Gasteiger charge is -2.21. The molecule has 1 unspecified atom stereocenters. The van der Waals surface area contributed by atoms with Crippen LogP contribution in [0.4, 0.5) is 11.6 Å². The molecule has 1 aliphatic carbocycles. The van der Waals surface area contributed by atoms with Crippen molar-refractivity contribution < 1.29 is 15.0 Å². The molecular weight excluding hydrogens is 422 g/mol. The van der Waals surface area contributed by atoms with Crippen molar-refractivity contribution in [3.8, 4) is 6.07 Å². The standard InChI is InChI=1S/C23H25N7O3/c24-12-14-5-6-18-16(11-14)19(22(33)25-18)20-17-13-30(15-3-1-2-4-15)28-21(17)27-23(26-20)29(7-9-31)8-10-32/h5-6,11,13,15,19,31-32H,1-4,7-10H2,(H,25,33). The summed E-state index contributed by atoms with van der Waals surface area (Å²) >= 11 is 0. The van der Waals surface area contributed by atoms with E-state index in [2.05, 4.69) is 16.4 Å². The van der Waals surface area contributed by atoms with Gasteiger partial charge in [-0.15, -0.1) is 0 Å². The SMILES string of the molecule is N#Cc1ccc2c(c1)C(c1nc(N(CCO)CCO)nc3nn(C4CCCC4)cc13)C(=O)N2. The Hall–Kier alpha value is -3.55. The Bertz CT molecular complexity index is 1240. The molecule has 1 atom stereocenters. The Balaban J connectivity index is 1.69. The highest BCUT2D eigenvalue weighted by Crippen LogP contribution is 2.40. The van der Waals surface area contributed by atoms with Crippen LogP contribution in [0.3, 0.4) is 0 Å². The van der Waals surface area contributed by atoms with Crippen LogP contribution in [0.2, 0.25) is 0 Å². The van der Waals surface area contributed by atoms with Gasteiger partial charge in [0, 0.05) is 25.0 Å². The third kappa shape index (κ3) is 3.79. The van der Waals surface area contributed by atoms with Crippen molar-refractivity contribution in [2.45, 2.75) is 37.6 Å². The van der Waals surface area contributed by atoms with Crippen LogP contribution in [0.1, 0.15) is 54.5 Å². The number of hydrogen-bond donors (Lipinski definition) is 3. The van der Waals surface area contributed by atoms with Crippen LogP contribution in [0.5, 0.6) is 0 Å².